The third-order valence-electron chi connectivity index (χ3n) is 4.87. The predicted octanol–water partition coefficient (Wildman–Crippen LogP) is 4.35. The third kappa shape index (κ3) is 4.83. The molecular formula is C21H27N3O2S. The zero-order valence-electron chi connectivity index (χ0n) is 16.1. The van der Waals surface area contributed by atoms with Crippen molar-refractivity contribution in [2.45, 2.75) is 25.8 Å². The minimum atomic E-state index is 0.0990. The van der Waals surface area contributed by atoms with E-state index in [0.29, 0.717) is 10.9 Å². The summed E-state index contributed by atoms with van der Waals surface area (Å²) in [6.07, 6.45) is 2.57. The Morgan fingerprint density at radius 1 is 1.04 bits per heavy atom. The molecule has 2 aromatic carbocycles. The van der Waals surface area contributed by atoms with Crippen LogP contribution >= 0.6 is 12.2 Å². The summed E-state index contributed by atoms with van der Waals surface area (Å²) in [5.41, 5.74) is 3.29. The second kappa shape index (κ2) is 8.95. The second-order valence-corrected chi connectivity index (χ2v) is 7.08. The normalized spacial score (nSPS) is 14.6. The van der Waals surface area contributed by atoms with Crippen LogP contribution < -0.4 is 25.0 Å². The molecule has 1 heterocycles. The Bertz CT molecular complexity index is 773. The molecule has 3 rings (SSSR count). The smallest absolute Gasteiger partial charge is 0.171 e. The molecule has 2 N–H and O–H groups in total. The standard InChI is InChI=1S/C21H27N3O2S/c1-15(16-6-8-17(9-7-16)24-12-4-5-13-24)22-21(27)23-19-11-10-18(25-2)14-20(19)26-3/h6-11,14-15H,4-5,12-13H2,1-3H3,(H2,22,23,27). The minimum Gasteiger partial charge on any atom is -0.497 e. The molecule has 0 amide bonds. The first-order valence-corrected chi connectivity index (χ1v) is 9.66. The lowest BCUT2D eigenvalue weighted by Gasteiger charge is -2.21. The van der Waals surface area contributed by atoms with Gasteiger partial charge in [0.25, 0.3) is 0 Å². The van der Waals surface area contributed by atoms with E-state index in [-0.39, 0.29) is 6.04 Å². The second-order valence-electron chi connectivity index (χ2n) is 6.67. The van der Waals surface area contributed by atoms with Gasteiger partial charge >= 0.3 is 0 Å². The number of benzene rings is 2. The maximum absolute atomic E-state index is 5.48. The van der Waals surface area contributed by atoms with Crippen molar-refractivity contribution >= 4 is 28.7 Å². The van der Waals surface area contributed by atoms with Gasteiger partial charge < -0.3 is 25.0 Å². The van der Waals surface area contributed by atoms with Gasteiger partial charge in [0.05, 0.1) is 25.9 Å². The maximum atomic E-state index is 5.48. The molecule has 6 heteroatoms. The summed E-state index contributed by atoms with van der Waals surface area (Å²) in [6, 6.07) is 14.4. The number of methoxy groups -OCH3 is 2. The van der Waals surface area contributed by atoms with Crippen LogP contribution in [0.15, 0.2) is 42.5 Å². The zero-order valence-corrected chi connectivity index (χ0v) is 16.9. The van der Waals surface area contributed by atoms with Gasteiger partial charge in [-0.3, -0.25) is 0 Å². The molecule has 1 unspecified atom stereocenters. The fourth-order valence-corrected chi connectivity index (χ4v) is 3.58. The van der Waals surface area contributed by atoms with Crippen molar-refractivity contribution in [3.63, 3.8) is 0 Å². The van der Waals surface area contributed by atoms with Crippen molar-refractivity contribution in [3.05, 3.63) is 48.0 Å². The summed E-state index contributed by atoms with van der Waals surface area (Å²) in [6.45, 7) is 4.42. The number of thiocarbonyl (C=S) groups is 1. The highest BCUT2D eigenvalue weighted by molar-refractivity contribution is 7.80. The van der Waals surface area contributed by atoms with Crippen LogP contribution in [0.5, 0.6) is 11.5 Å². The molecule has 1 atom stereocenters. The fourth-order valence-electron chi connectivity index (χ4n) is 3.29. The van der Waals surface area contributed by atoms with Gasteiger partial charge in [0.2, 0.25) is 0 Å². The van der Waals surface area contributed by atoms with Gasteiger partial charge in [-0.15, -0.1) is 0 Å². The molecule has 144 valence electrons. The van der Waals surface area contributed by atoms with Crippen LogP contribution in [0.3, 0.4) is 0 Å². The number of rotatable bonds is 6. The Morgan fingerprint density at radius 3 is 2.37 bits per heavy atom. The van der Waals surface area contributed by atoms with Crippen LogP contribution in [0, 0.1) is 0 Å². The van der Waals surface area contributed by atoms with Crippen molar-refractivity contribution in [2.24, 2.45) is 0 Å². The molecule has 0 bridgehead atoms. The molecule has 0 spiro atoms. The number of hydrogen-bond donors (Lipinski definition) is 2. The molecule has 0 radical (unpaired) electrons. The maximum Gasteiger partial charge on any atom is 0.171 e. The Hall–Kier alpha value is -2.47. The SMILES string of the molecule is COc1ccc(NC(=S)NC(C)c2ccc(N3CCCC3)cc2)c(OC)c1. The molecular weight excluding hydrogens is 358 g/mol. The molecule has 0 aromatic heterocycles. The van der Waals surface area contributed by atoms with Crippen molar-refractivity contribution in [1.29, 1.82) is 0 Å². The highest BCUT2D eigenvalue weighted by Gasteiger charge is 2.14. The molecule has 5 nitrogen and oxygen atoms in total. The van der Waals surface area contributed by atoms with Crippen LogP contribution in [0.1, 0.15) is 31.4 Å². The summed E-state index contributed by atoms with van der Waals surface area (Å²) < 4.78 is 10.6. The average molecular weight is 386 g/mol. The number of nitrogens with zero attached hydrogens (tertiary/aromatic N) is 1. The van der Waals surface area contributed by atoms with Gasteiger partial charge in [0.1, 0.15) is 11.5 Å². The van der Waals surface area contributed by atoms with Gasteiger partial charge in [0, 0.05) is 24.8 Å². The quantitative estimate of drug-likeness (QED) is 0.721. The third-order valence-corrected chi connectivity index (χ3v) is 5.09. The Morgan fingerprint density at radius 2 is 1.74 bits per heavy atom. The van der Waals surface area contributed by atoms with Gasteiger partial charge in [0.15, 0.2) is 5.11 Å². The van der Waals surface area contributed by atoms with Gasteiger partial charge in [-0.25, -0.2) is 0 Å². The van der Waals surface area contributed by atoms with Crippen LogP contribution in [0.4, 0.5) is 11.4 Å². The topological polar surface area (TPSA) is 45.8 Å². The number of ether oxygens (including phenoxy) is 2. The lowest BCUT2D eigenvalue weighted by Crippen LogP contribution is -2.31. The number of hydrogen-bond acceptors (Lipinski definition) is 4. The molecule has 1 saturated heterocycles. The van der Waals surface area contributed by atoms with Crippen LogP contribution in [-0.2, 0) is 0 Å². The van der Waals surface area contributed by atoms with E-state index in [0.717, 1.165) is 24.5 Å². The number of anilines is 2. The van der Waals surface area contributed by atoms with Gasteiger partial charge in [-0.1, -0.05) is 12.1 Å². The van der Waals surface area contributed by atoms with Crippen molar-refractivity contribution in [2.75, 3.05) is 37.5 Å². The van der Waals surface area contributed by atoms with Crippen LogP contribution in [0.2, 0.25) is 0 Å². The van der Waals surface area contributed by atoms with E-state index >= 15 is 0 Å². The molecule has 1 aliphatic heterocycles. The molecule has 0 aliphatic carbocycles. The lowest BCUT2D eigenvalue weighted by atomic mass is 10.1. The van der Waals surface area contributed by atoms with E-state index < -0.39 is 0 Å². The first-order valence-electron chi connectivity index (χ1n) is 9.25. The van der Waals surface area contributed by atoms with Crippen molar-refractivity contribution in [3.8, 4) is 11.5 Å². The van der Waals surface area contributed by atoms with Gasteiger partial charge in [-0.2, -0.15) is 0 Å². The van der Waals surface area contributed by atoms with E-state index in [4.69, 9.17) is 21.7 Å². The minimum absolute atomic E-state index is 0.0990. The highest BCUT2D eigenvalue weighted by atomic mass is 32.1. The Labute approximate surface area is 166 Å². The van der Waals surface area contributed by atoms with E-state index in [1.165, 1.54) is 24.1 Å². The Balaban J connectivity index is 1.60. The lowest BCUT2D eigenvalue weighted by molar-refractivity contribution is 0.395. The van der Waals surface area contributed by atoms with E-state index in [2.05, 4.69) is 46.7 Å². The largest absolute Gasteiger partial charge is 0.497 e. The van der Waals surface area contributed by atoms with E-state index in [9.17, 15) is 0 Å². The monoisotopic (exact) mass is 385 g/mol. The van der Waals surface area contributed by atoms with Crippen LogP contribution in [-0.4, -0.2) is 32.4 Å². The summed E-state index contributed by atoms with van der Waals surface area (Å²) >= 11 is 5.48. The first-order chi connectivity index (χ1) is 13.1. The van der Waals surface area contributed by atoms with E-state index in [1.807, 2.05) is 18.2 Å². The summed E-state index contributed by atoms with van der Waals surface area (Å²) in [5, 5.41) is 7.09. The van der Waals surface area contributed by atoms with E-state index in [1.54, 1.807) is 14.2 Å². The van der Waals surface area contributed by atoms with Crippen LogP contribution in [0.25, 0.3) is 0 Å². The number of nitrogens with one attached hydrogen (secondary N) is 2. The van der Waals surface area contributed by atoms with Crippen molar-refractivity contribution < 1.29 is 9.47 Å². The average Bonchev–Trinajstić information content (AvgIpc) is 3.23. The van der Waals surface area contributed by atoms with Crippen molar-refractivity contribution in [1.82, 2.24) is 5.32 Å². The Kier molecular flexibility index (Phi) is 6.40. The summed E-state index contributed by atoms with van der Waals surface area (Å²) in [5.74, 6) is 1.42. The predicted molar refractivity (Wildman–Crippen MR) is 115 cm³/mol. The molecule has 1 fully saturated rings. The zero-order chi connectivity index (χ0) is 19.2. The summed E-state index contributed by atoms with van der Waals surface area (Å²) in [7, 11) is 3.26. The highest BCUT2D eigenvalue weighted by Crippen LogP contribution is 2.29. The molecule has 2 aromatic rings. The molecule has 0 saturated carbocycles. The fraction of sp³-hybridized carbons (Fsp3) is 0.381. The first kappa shape index (κ1) is 19.3. The summed E-state index contributed by atoms with van der Waals surface area (Å²) in [4.78, 5) is 2.43. The molecule has 27 heavy (non-hydrogen) atoms. The molecule has 1 aliphatic rings. The van der Waals surface area contributed by atoms with Gasteiger partial charge in [-0.05, 0) is 61.8 Å².